The summed E-state index contributed by atoms with van der Waals surface area (Å²) in [6, 6.07) is 5.25. The van der Waals surface area contributed by atoms with Gasteiger partial charge in [-0.2, -0.15) is 4.98 Å². The molecule has 108 valence electrons. The maximum Gasteiger partial charge on any atom is 0.259 e. The topological polar surface area (TPSA) is 74.2 Å². The first kappa shape index (κ1) is 15.0. The van der Waals surface area contributed by atoms with E-state index in [0.717, 1.165) is 12.0 Å². The van der Waals surface area contributed by atoms with Gasteiger partial charge in [-0.3, -0.25) is 0 Å². The molecule has 0 aliphatic heterocycles. The molecule has 0 bridgehead atoms. The highest BCUT2D eigenvalue weighted by Crippen LogP contribution is 2.27. The van der Waals surface area contributed by atoms with E-state index in [2.05, 4.69) is 10.1 Å². The maximum absolute atomic E-state index is 6.17. The smallest absolute Gasteiger partial charge is 0.259 e. The molecule has 0 saturated carbocycles. The Hall–Kier alpha value is -1.43. The summed E-state index contributed by atoms with van der Waals surface area (Å²) in [5.41, 5.74) is 7.72. The number of hydrogen-bond acceptors (Lipinski definition) is 5. The van der Waals surface area contributed by atoms with Crippen LogP contribution in [-0.2, 0) is 4.74 Å². The van der Waals surface area contributed by atoms with Crippen LogP contribution in [0.25, 0.3) is 11.5 Å². The average molecular weight is 296 g/mol. The maximum atomic E-state index is 6.17. The van der Waals surface area contributed by atoms with E-state index in [4.69, 9.17) is 26.6 Å². The first-order chi connectivity index (χ1) is 9.61. The molecule has 1 heterocycles. The number of rotatable bonds is 6. The van der Waals surface area contributed by atoms with Crippen molar-refractivity contribution in [2.45, 2.75) is 26.3 Å². The lowest BCUT2D eigenvalue weighted by Crippen LogP contribution is -2.18. The van der Waals surface area contributed by atoms with E-state index in [9.17, 15) is 0 Å². The third-order valence-corrected chi connectivity index (χ3v) is 3.09. The van der Waals surface area contributed by atoms with Crippen LogP contribution in [0.4, 0.5) is 0 Å². The van der Waals surface area contributed by atoms with Crippen molar-refractivity contribution in [3.05, 3.63) is 34.6 Å². The van der Waals surface area contributed by atoms with Crippen molar-refractivity contribution in [1.82, 2.24) is 10.1 Å². The molecule has 1 aromatic carbocycles. The van der Waals surface area contributed by atoms with E-state index in [-0.39, 0.29) is 0 Å². The Bertz CT molecular complexity index is 571. The highest BCUT2D eigenvalue weighted by Gasteiger charge is 2.17. The van der Waals surface area contributed by atoms with Crippen LogP contribution in [0.3, 0.4) is 0 Å². The van der Waals surface area contributed by atoms with Crippen molar-refractivity contribution in [3.8, 4) is 11.5 Å². The minimum Gasteiger partial charge on any atom is -0.379 e. The third-order valence-electron chi connectivity index (χ3n) is 2.77. The van der Waals surface area contributed by atoms with Crippen LogP contribution >= 0.6 is 11.6 Å². The van der Waals surface area contributed by atoms with Gasteiger partial charge in [0.05, 0.1) is 23.2 Å². The molecular formula is C14H18ClN3O2. The van der Waals surface area contributed by atoms with Crippen molar-refractivity contribution in [1.29, 1.82) is 0 Å². The van der Waals surface area contributed by atoms with Gasteiger partial charge in [0.2, 0.25) is 0 Å². The minimum absolute atomic E-state index is 0.369. The molecule has 0 saturated heterocycles. The number of ether oxygens (including phenoxy) is 1. The molecular weight excluding hydrogens is 278 g/mol. The Kier molecular flexibility index (Phi) is 5.11. The molecule has 0 aliphatic carbocycles. The van der Waals surface area contributed by atoms with Gasteiger partial charge in [-0.1, -0.05) is 29.7 Å². The zero-order valence-corrected chi connectivity index (χ0v) is 12.4. The normalized spacial score (nSPS) is 12.6. The van der Waals surface area contributed by atoms with E-state index in [1.54, 1.807) is 0 Å². The second-order valence-corrected chi connectivity index (χ2v) is 5.03. The van der Waals surface area contributed by atoms with E-state index in [1.165, 1.54) is 0 Å². The quantitative estimate of drug-likeness (QED) is 0.829. The Morgan fingerprint density at radius 3 is 2.95 bits per heavy atom. The number of aryl methyl sites for hydroxylation is 1. The number of nitrogens with two attached hydrogens (primary N) is 1. The standard InChI is InChI=1S/C14H18ClN3O2/c1-3-6-19-8-12(16)13-17-14(20-18-13)10-5-4-9(2)7-11(10)15/h4-5,7,12H,3,6,8,16H2,1-2H3. The van der Waals surface area contributed by atoms with Crippen molar-refractivity contribution in [2.75, 3.05) is 13.2 Å². The minimum atomic E-state index is -0.400. The zero-order valence-electron chi connectivity index (χ0n) is 11.6. The van der Waals surface area contributed by atoms with Gasteiger partial charge in [0.15, 0.2) is 5.82 Å². The predicted molar refractivity (Wildman–Crippen MR) is 77.5 cm³/mol. The zero-order chi connectivity index (χ0) is 14.5. The fraction of sp³-hybridized carbons (Fsp3) is 0.429. The second-order valence-electron chi connectivity index (χ2n) is 4.62. The Balaban J connectivity index is 2.12. The largest absolute Gasteiger partial charge is 0.379 e. The molecule has 6 heteroatoms. The van der Waals surface area contributed by atoms with E-state index < -0.39 is 6.04 Å². The Morgan fingerprint density at radius 1 is 1.45 bits per heavy atom. The van der Waals surface area contributed by atoms with Crippen LogP contribution in [-0.4, -0.2) is 23.4 Å². The number of nitrogens with zero attached hydrogens (tertiary/aromatic N) is 2. The van der Waals surface area contributed by atoms with Gasteiger partial charge in [-0.15, -0.1) is 0 Å². The Labute approximate surface area is 123 Å². The van der Waals surface area contributed by atoms with Crippen LogP contribution < -0.4 is 5.73 Å². The fourth-order valence-corrected chi connectivity index (χ4v) is 2.03. The Morgan fingerprint density at radius 2 is 2.25 bits per heavy atom. The predicted octanol–water partition coefficient (Wildman–Crippen LogP) is 3.12. The molecule has 0 spiro atoms. The van der Waals surface area contributed by atoms with Gasteiger partial charge in [-0.05, 0) is 31.0 Å². The summed E-state index contributed by atoms with van der Waals surface area (Å²) < 4.78 is 10.6. The van der Waals surface area contributed by atoms with Gasteiger partial charge >= 0.3 is 0 Å². The molecule has 1 atom stereocenters. The van der Waals surface area contributed by atoms with Gasteiger partial charge < -0.3 is 15.0 Å². The van der Waals surface area contributed by atoms with Gasteiger partial charge in [0.25, 0.3) is 5.89 Å². The lowest BCUT2D eigenvalue weighted by atomic mass is 10.1. The molecule has 0 radical (unpaired) electrons. The van der Waals surface area contributed by atoms with Crippen LogP contribution in [0, 0.1) is 6.92 Å². The number of hydrogen-bond donors (Lipinski definition) is 1. The van der Waals surface area contributed by atoms with Crippen LogP contribution in [0.2, 0.25) is 5.02 Å². The van der Waals surface area contributed by atoms with E-state index in [1.807, 2.05) is 32.0 Å². The second kappa shape index (κ2) is 6.83. The monoisotopic (exact) mass is 295 g/mol. The third kappa shape index (κ3) is 3.56. The lowest BCUT2D eigenvalue weighted by molar-refractivity contribution is 0.119. The van der Waals surface area contributed by atoms with Crippen LogP contribution in [0.5, 0.6) is 0 Å². The molecule has 2 N–H and O–H groups in total. The number of aromatic nitrogens is 2. The molecule has 0 amide bonds. The summed E-state index contributed by atoms with van der Waals surface area (Å²) in [7, 11) is 0. The highest BCUT2D eigenvalue weighted by molar-refractivity contribution is 6.33. The number of halogens is 1. The van der Waals surface area contributed by atoms with Crippen LogP contribution in [0.15, 0.2) is 22.7 Å². The molecule has 1 unspecified atom stereocenters. The van der Waals surface area contributed by atoms with Crippen molar-refractivity contribution in [3.63, 3.8) is 0 Å². The van der Waals surface area contributed by atoms with Crippen molar-refractivity contribution >= 4 is 11.6 Å². The molecule has 1 aromatic heterocycles. The molecule has 20 heavy (non-hydrogen) atoms. The lowest BCUT2D eigenvalue weighted by Gasteiger charge is -2.06. The summed E-state index contributed by atoms with van der Waals surface area (Å²) in [6.07, 6.45) is 0.948. The van der Waals surface area contributed by atoms with Crippen molar-refractivity contribution < 1.29 is 9.26 Å². The summed E-state index contributed by atoms with van der Waals surface area (Å²) in [5.74, 6) is 0.795. The summed E-state index contributed by atoms with van der Waals surface area (Å²) >= 11 is 6.17. The van der Waals surface area contributed by atoms with Crippen LogP contribution in [0.1, 0.15) is 30.8 Å². The molecule has 0 aliphatic rings. The molecule has 2 aromatic rings. The van der Waals surface area contributed by atoms with Gasteiger partial charge in [-0.25, -0.2) is 0 Å². The van der Waals surface area contributed by atoms with Gasteiger partial charge in [0, 0.05) is 6.61 Å². The van der Waals surface area contributed by atoms with E-state index in [0.29, 0.717) is 35.5 Å². The molecule has 2 rings (SSSR count). The molecule has 0 fully saturated rings. The summed E-state index contributed by atoms with van der Waals surface area (Å²) in [4.78, 5) is 4.28. The summed E-state index contributed by atoms with van der Waals surface area (Å²) in [5, 5.41) is 4.46. The first-order valence-corrected chi connectivity index (χ1v) is 6.93. The number of benzene rings is 1. The first-order valence-electron chi connectivity index (χ1n) is 6.55. The average Bonchev–Trinajstić information content (AvgIpc) is 2.88. The highest BCUT2D eigenvalue weighted by atomic mass is 35.5. The van der Waals surface area contributed by atoms with Crippen molar-refractivity contribution in [2.24, 2.45) is 5.73 Å². The SMILES string of the molecule is CCCOCC(N)c1noc(-c2ccc(C)cc2Cl)n1. The van der Waals surface area contributed by atoms with E-state index >= 15 is 0 Å². The molecule has 5 nitrogen and oxygen atoms in total. The summed E-state index contributed by atoms with van der Waals surface area (Å²) in [6.45, 7) is 5.05. The van der Waals surface area contributed by atoms with Gasteiger partial charge in [0.1, 0.15) is 0 Å². The fourth-order valence-electron chi connectivity index (χ4n) is 1.72.